The molecule has 1 aromatic rings. The first kappa shape index (κ1) is 17.5. The van der Waals surface area contributed by atoms with Crippen LogP contribution in [0.3, 0.4) is 0 Å². The Kier molecular flexibility index (Phi) is 6.73. The summed E-state index contributed by atoms with van der Waals surface area (Å²) in [6.07, 6.45) is 1.06. The topological polar surface area (TPSA) is 75.7 Å². The summed E-state index contributed by atoms with van der Waals surface area (Å²) in [5.74, 6) is -0.836. The summed E-state index contributed by atoms with van der Waals surface area (Å²) in [7, 11) is -1.93. The van der Waals surface area contributed by atoms with Gasteiger partial charge in [-0.2, -0.15) is 4.31 Å². The zero-order chi connectivity index (χ0) is 15.9. The van der Waals surface area contributed by atoms with E-state index in [1.54, 1.807) is 6.07 Å². The second-order valence-corrected chi connectivity index (χ2v) is 6.45. The normalized spacial score (nSPS) is 11.6. The van der Waals surface area contributed by atoms with Crippen LogP contribution in [0.25, 0.3) is 0 Å². The number of nitrogens with zero attached hydrogens (tertiary/aromatic N) is 1. The molecule has 0 heterocycles. The average Bonchev–Trinajstić information content (AvgIpc) is 2.37. The van der Waals surface area contributed by atoms with Crippen molar-refractivity contribution in [3.8, 4) is 0 Å². The number of amides is 1. The van der Waals surface area contributed by atoms with Gasteiger partial charge in [-0.15, -0.1) is 0 Å². The molecule has 0 spiro atoms. The summed E-state index contributed by atoms with van der Waals surface area (Å²) in [6.45, 7) is 0.477. The first-order chi connectivity index (χ1) is 9.82. The van der Waals surface area contributed by atoms with Crippen molar-refractivity contribution in [2.24, 2.45) is 0 Å². The van der Waals surface area contributed by atoms with Gasteiger partial charge in [-0.3, -0.25) is 4.79 Å². The molecule has 0 atom stereocenters. The molecule has 0 unspecified atom stereocenters. The van der Waals surface area contributed by atoms with Crippen LogP contribution in [0.2, 0.25) is 0 Å². The lowest BCUT2D eigenvalue weighted by Gasteiger charge is -2.19. The van der Waals surface area contributed by atoms with Crippen LogP contribution in [-0.2, 0) is 19.6 Å². The molecule has 118 valence electrons. The molecule has 1 rings (SSSR count). The highest BCUT2D eigenvalue weighted by Crippen LogP contribution is 2.09. The molecule has 0 aromatic heterocycles. The fourth-order valence-electron chi connectivity index (χ4n) is 1.65. The third kappa shape index (κ3) is 6.65. The monoisotopic (exact) mass is 318 g/mol. The van der Waals surface area contributed by atoms with Crippen LogP contribution in [0.5, 0.6) is 0 Å². The van der Waals surface area contributed by atoms with Gasteiger partial charge in [-0.05, 0) is 18.2 Å². The van der Waals surface area contributed by atoms with Gasteiger partial charge in [0.05, 0.1) is 12.9 Å². The molecule has 21 heavy (non-hydrogen) atoms. The van der Waals surface area contributed by atoms with E-state index in [1.807, 2.05) is 0 Å². The largest absolute Gasteiger partial charge is 0.383 e. The van der Waals surface area contributed by atoms with Crippen molar-refractivity contribution in [2.45, 2.75) is 6.42 Å². The Morgan fingerprint density at radius 2 is 2.10 bits per heavy atom. The maximum atomic E-state index is 13.0. The molecule has 0 bridgehead atoms. The Bertz CT molecular complexity index is 577. The van der Waals surface area contributed by atoms with E-state index in [4.69, 9.17) is 4.74 Å². The van der Waals surface area contributed by atoms with Crippen molar-refractivity contribution in [1.82, 2.24) is 4.31 Å². The average molecular weight is 318 g/mol. The van der Waals surface area contributed by atoms with Crippen LogP contribution >= 0.6 is 0 Å². The van der Waals surface area contributed by atoms with Gasteiger partial charge >= 0.3 is 0 Å². The zero-order valence-electron chi connectivity index (χ0n) is 12.0. The predicted molar refractivity (Wildman–Crippen MR) is 77.9 cm³/mol. The van der Waals surface area contributed by atoms with Crippen molar-refractivity contribution < 1.29 is 22.3 Å². The number of benzene rings is 1. The van der Waals surface area contributed by atoms with E-state index in [0.29, 0.717) is 5.69 Å². The second-order valence-electron chi connectivity index (χ2n) is 4.46. The Hall–Kier alpha value is -1.51. The number of ether oxygens (including phenoxy) is 1. The fraction of sp³-hybridized carbons (Fsp3) is 0.462. The minimum absolute atomic E-state index is 0.0205. The molecule has 0 aliphatic rings. The molecule has 1 aromatic carbocycles. The maximum Gasteiger partial charge on any atom is 0.225 e. The Balaban J connectivity index is 2.53. The summed E-state index contributed by atoms with van der Waals surface area (Å²) in [6, 6.07) is 5.50. The summed E-state index contributed by atoms with van der Waals surface area (Å²) < 4.78 is 42.1. The van der Waals surface area contributed by atoms with Gasteiger partial charge in [0, 0.05) is 32.3 Å². The summed E-state index contributed by atoms with van der Waals surface area (Å²) >= 11 is 0. The van der Waals surface area contributed by atoms with E-state index in [9.17, 15) is 17.6 Å². The van der Waals surface area contributed by atoms with Gasteiger partial charge in [0.25, 0.3) is 0 Å². The highest BCUT2D eigenvalue weighted by molar-refractivity contribution is 7.88. The number of rotatable bonds is 8. The number of nitrogens with one attached hydrogen (secondary N) is 1. The zero-order valence-corrected chi connectivity index (χ0v) is 12.8. The highest BCUT2D eigenvalue weighted by Gasteiger charge is 2.17. The molecule has 6 nitrogen and oxygen atoms in total. The highest BCUT2D eigenvalue weighted by atomic mass is 32.2. The second kappa shape index (κ2) is 8.06. The Labute approximate surface area is 123 Å². The molecular formula is C13H19FN2O4S. The molecule has 0 radical (unpaired) electrons. The van der Waals surface area contributed by atoms with E-state index >= 15 is 0 Å². The molecule has 1 amide bonds. The minimum atomic E-state index is -3.40. The van der Waals surface area contributed by atoms with Crippen LogP contribution in [0.15, 0.2) is 24.3 Å². The summed E-state index contributed by atoms with van der Waals surface area (Å²) in [4.78, 5) is 11.7. The molecule has 0 aliphatic heterocycles. The standard InChI is InChI=1S/C13H19FN2O4S/c1-20-9-8-16(21(2,18)19)7-6-13(17)15-12-5-3-4-11(14)10-12/h3-5,10H,6-9H2,1-2H3,(H,15,17). The third-order valence-electron chi connectivity index (χ3n) is 2.71. The predicted octanol–water partition coefficient (Wildman–Crippen LogP) is 1.06. The SMILES string of the molecule is COCCN(CCC(=O)Nc1cccc(F)c1)S(C)(=O)=O. The molecule has 8 heteroatoms. The molecule has 1 N–H and O–H groups in total. The van der Waals surface area contributed by atoms with Crippen LogP contribution in [0.1, 0.15) is 6.42 Å². The van der Waals surface area contributed by atoms with Crippen LogP contribution in [0.4, 0.5) is 10.1 Å². The van der Waals surface area contributed by atoms with Gasteiger partial charge in [0.1, 0.15) is 5.82 Å². The number of methoxy groups -OCH3 is 1. The molecular weight excluding hydrogens is 299 g/mol. The first-order valence-electron chi connectivity index (χ1n) is 6.32. The fourth-order valence-corrected chi connectivity index (χ4v) is 2.48. The van der Waals surface area contributed by atoms with E-state index in [1.165, 1.54) is 29.6 Å². The number of hydrogen-bond acceptors (Lipinski definition) is 4. The number of hydrogen-bond donors (Lipinski definition) is 1. The van der Waals surface area contributed by atoms with Crippen LogP contribution in [-0.4, -0.2) is 51.7 Å². The van der Waals surface area contributed by atoms with Crippen molar-refractivity contribution in [3.63, 3.8) is 0 Å². The van der Waals surface area contributed by atoms with E-state index in [-0.39, 0.29) is 32.0 Å². The molecule has 0 aliphatic carbocycles. The number of halogens is 1. The number of anilines is 1. The maximum absolute atomic E-state index is 13.0. The number of sulfonamides is 1. The van der Waals surface area contributed by atoms with Gasteiger partial charge in [0.2, 0.25) is 15.9 Å². The van der Waals surface area contributed by atoms with E-state index in [0.717, 1.165) is 6.26 Å². The molecule has 0 saturated heterocycles. The van der Waals surface area contributed by atoms with Crippen molar-refractivity contribution >= 4 is 21.6 Å². The van der Waals surface area contributed by atoms with Gasteiger partial charge < -0.3 is 10.1 Å². The quantitative estimate of drug-likeness (QED) is 0.778. The molecule has 0 saturated carbocycles. The minimum Gasteiger partial charge on any atom is -0.383 e. The van der Waals surface area contributed by atoms with Gasteiger partial charge in [-0.25, -0.2) is 12.8 Å². The van der Waals surface area contributed by atoms with Gasteiger partial charge in [-0.1, -0.05) is 6.07 Å². The summed E-state index contributed by atoms with van der Waals surface area (Å²) in [5.41, 5.74) is 0.336. The number of carbonyl (C=O) groups is 1. The van der Waals surface area contributed by atoms with E-state index in [2.05, 4.69) is 5.32 Å². The smallest absolute Gasteiger partial charge is 0.225 e. The number of carbonyl (C=O) groups excluding carboxylic acids is 1. The molecule has 0 fully saturated rings. The lowest BCUT2D eigenvalue weighted by molar-refractivity contribution is -0.116. The summed E-state index contributed by atoms with van der Waals surface area (Å²) in [5, 5.41) is 2.51. The lowest BCUT2D eigenvalue weighted by atomic mass is 10.3. The van der Waals surface area contributed by atoms with Gasteiger partial charge in [0.15, 0.2) is 0 Å². The van der Waals surface area contributed by atoms with E-state index < -0.39 is 15.8 Å². The van der Waals surface area contributed by atoms with Crippen molar-refractivity contribution in [3.05, 3.63) is 30.1 Å². The Morgan fingerprint density at radius 1 is 1.38 bits per heavy atom. The van der Waals surface area contributed by atoms with Crippen molar-refractivity contribution in [2.75, 3.05) is 38.4 Å². The first-order valence-corrected chi connectivity index (χ1v) is 8.17. The van der Waals surface area contributed by atoms with Crippen LogP contribution in [0, 0.1) is 5.82 Å². The third-order valence-corrected chi connectivity index (χ3v) is 4.01. The Morgan fingerprint density at radius 3 is 2.67 bits per heavy atom. The lowest BCUT2D eigenvalue weighted by Crippen LogP contribution is -2.35. The van der Waals surface area contributed by atoms with Crippen LogP contribution < -0.4 is 5.32 Å². The van der Waals surface area contributed by atoms with Crippen molar-refractivity contribution in [1.29, 1.82) is 0 Å².